The summed E-state index contributed by atoms with van der Waals surface area (Å²) >= 11 is 0. The summed E-state index contributed by atoms with van der Waals surface area (Å²) in [5, 5.41) is 0. The monoisotopic (exact) mass is 269 g/mol. The Balaban J connectivity index is 2.31. The van der Waals surface area contributed by atoms with Crippen molar-refractivity contribution in [2.45, 2.75) is 66.4 Å². The molecule has 19 heavy (non-hydrogen) atoms. The highest BCUT2D eigenvalue weighted by Gasteiger charge is 2.29. The Bertz CT molecular complexity index is 291. The third kappa shape index (κ3) is 6.95. The van der Waals surface area contributed by atoms with E-state index >= 15 is 0 Å². The molecule has 0 aliphatic carbocycles. The van der Waals surface area contributed by atoms with Crippen LogP contribution in [0.1, 0.15) is 60.8 Å². The molecule has 0 aromatic carbocycles. The van der Waals surface area contributed by atoms with Gasteiger partial charge in [-0.3, -0.25) is 4.79 Å². The van der Waals surface area contributed by atoms with Crippen molar-refractivity contribution in [2.24, 2.45) is 11.3 Å². The number of hydrogen-bond acceptors (Lipinski definition) is 3. The number of carbonyl (C=O) groups is 1. The van der Waals surface area contributed by atoms with E-state index in [0.717, 1.165) is 32.5 Å². The van der Waals surface area contributed by atoms with Gasteiger partial charge in [-0.15, -0.1) is 0 Å². The molecule has 112 valence electrons. The van der Waals surface area contributed by atoms with E-state index in [2.05, 4.69) is 25.7 Å². The largest absolute Gasteiger partial charge is 0.460 e. The highest BCUT2D eigenvalue weighted by Crippen LogP contribution is 2.24. The van der Waals surface area contributed by atoms with Crippen molar-refractivity contribution in [2.75, 3.05) is 19.6 Å². The number of carbonyl (C=O) groups excluding carboxylic acids is 1. The molecule has 0 atom stereocenters. The minimum atomic E-state index is -0.361. The minimum absolute atomic E-state index is 0.0111. The van der Waals surface area contributed by atoms with Crippen LogP contribution in [0.15, 0.2) is 0 Å². The molecule has 1 rings (SSSR count). The van der Waals surface area contributed by atoms with Gasteiger partial charge in [0.05, 0.1) is 5.92 Å². The van der Waals surface area contributed by atoms with Crippen molar-refractivity contribution in [1.82, 2.24) is 4.90 Å². The van der Waals surface area contributed by atoms with Gasteiger partial charge in [0.2, 0.25) is 0 Å². The van der Waals surface area contributed by atoms with Gasteiger partial charge in [0.15, 0.2) is 0 Å². The average molecular weight is 269 g/mol. The van der Waals surface area contributed by atoms with Crippen LogP contribution in [-0.4, -0.2) is 36.1 Å². The maximum Gasteiger partial charge on any atom is 0.309 e. The first-order valence-corrected chi connectivity index (χ1v) is 7.52. The molecule has 0 spiro atoms. The lowest BCUT2D eigenvalue weighted by molar-refractivity contribution is -0.161. The summed E-state index contributed by atoms with van der Waals surface area (Å²) in [6, 6.07) is 0. The standard InChI is InChI=1S/C16H31NO2/c1-15(2,3)9-12-17-10-7-13(8-11-17)14(18)19-16(4,5)6/h13H,7-12H2,1-6H3. The molecule has 0 bridgehead atoms. The van der Waals surface area contributed by atoms with Crippen molar-refractivity contribution in [1.29, 1.82) is 0 Å². The Morgan fingerprint density at radius 1 is 1.11 bits per heavy atom. The van der Waals surface area contributed by atoms with Crippen molar-refractivity contribution in [3.8, 4) is 0 Å². The summed E-state index contributed by atoms with van der Waals surface area (Å²) in [6.07, 6.45) is 3.10. The number of likely N-dealkylation sites (tertiary alicyclic amines) is 1. The predicted molar refractivity (Wildman–Crippen MR) is 79.1 cm³/mol. The second kappa shape index (κ2) is 6.25. The minimum Gasteiger partial charge on any atom is -0.460 e. The number of esters is 1. The number of hydrogen-bond donors (Lipinski definition) is 0. The Morgan fingerprint density at radius 2 is 1.63 bits per heavy atom. The van der Waals surface area contributed by atoms with Gasteiger partial charge in [-0.1, -0.05) is 20.8 Å². The Labute approximate surface area is 118 Å². The van der Waals surface area contributed by atoms with Crippen molar-refractivity contribution in [3.63, 3.8) is 0 Å². The van der Waals surface area contributed by atoms with Gasteiger partial charge in [-0.25, -0.2) is 0 Å². The van der Waals surface area contributed by atoms with E-state index in [1.54, 1.807) is 0 Å². The van der Waals surface area contributed by atoms with E-state index in [-0.39, 0.29) is 17.5 Å². The lowest BCUT2D eigenvalue weighted by atomic mass is 9.91. The van der Waals surface area contributed by atoms with Crippen LogP contribution in [0.2, 0.25) is 0 Å². The first-order chi connectivity index (χ1) is 8.57. The zero-order chi connectivity index (χ0) is 14.7. The van der Waals surface area contributed by atoms with Crippen LogP contribution in [-0.2, 0) is 9.53 Å². The molecule has 3 nitrogen and oxygen atoms in total. The van der Waals surface area contributed by atoms with Gasteiger partial charge in [-0.05, 0) is 65.1 Å². The number of piperidine rings is 1. The van der Waals surface area contributed by atoms with Gasteiger partial charge in [0.1, 0.15) is 5.60 Å². The third-order valence-electron chi connectivity index (χ3n) is 3.51. The van der Waals surface area contributed by atoms with Crippen LogP contribution in [0.4, 0.5) is 0 Å². The maximum atomic E-state index is 12.0. The molecule has 0 radical (unpaired) electrons. The van der Waals surface area contributed by atoms with E-state index in [1.165, 1.54) is 6.42 Å². The van der Waals surface area contributed by atoms with E-state index in [4.69, 9.17) is 4.74 Å². The molecule has 1 fully saturated rings. The fraction of sp³-hybridized carbons (Fsp3) is 0.938. The van der Waals surface area contributed by atoms with Gasteiger partial charge < -0.3 is 9.64 Å². The van der Waals surface area contributed by atoms with E-state index in [1.807, 2.05) is 20.8 Å². The zero-order valence-electron chi connectivity index (χ0n) is 13.6. The number of rotatable bonds is 3. The van der Waals surface area contributed by atoms with Crippen LogP contribution in [0, 0.1) is 11.3 Å². The molecule has 0 unspecified atom stereocenters. The summed E-state index contributed by atoms with van der Waals surface area (Å²) in [5.74, 6) is 0.0908. The molecular formula is C16H31NO2. The molecule has 1 saturated heterocycles. The van der Waals surface area contributed by atoms with E-state index < -0.39 is 0 Å². The highest BCUT2D eigenvalue weighted by molar-refractivity contribution is 5.73. The van der Waals surface area contributed by atoms with Gasteiger partial charge >= 0.3 is 5.97 Å². The van der Waals surface area contributed by atoms with Crippen LogP contribution < -0.4 is 0 Å². The molecule has 1 heterocycles. The normalized spacial score (nSPS) is 19.5. The van der Waals surface area contributed by atoms with Crippen LogP contribution in [0.5, 0.6) is 0 Å². The van der Waals surface area contributed by atoms with Gasteiger partial charge in [0, 0.05) is 0 Å². The molecule has 0 amide bonds. The molecule has 1 aliphatic heterocycles. The summed E-state index contributed by atoms with van der Waals surface area (Å²) in [4.78, 5) is 14.5. The van der Waals surface area contributed by atoms with Crippen LogP contribution in [0.25, 0.3) is 0 Å². The summed E-state index contributed by atoms with van der Waals surface area (Å²) < 4.78 is 5.47. The second-order valence-corrected chi connectivity index (χ2v) is 7.96. The second-order valence-electron chi connectivity index (χ2n) is 7.96. The van der Waals surface area contributed by atoms with E-state index in [0.29, 0.717) is 5.41 Å². The fourth-order valence-corrected chi connectivity index (χ4v) is 2.27. The molecule has 0 saturated carbocycles. The third-order valence-corrected chi connectivity index (χ3v) is 3.51. The fourth-order valence-electron chi connectivity index (χ4n) is 2.27. The Kier molecular flexibility index (Phi) is 5.43. The number of ether oxygens (including phenoxy) is 1. The molecule has 3 heteroatoms. The zero-order valence-corrected chi connectivity index (χ0v) is 13.6. The Hall–Kier alpha value is -0.570. The van der Waals surface area contributed by atoms with Gasteiger partial charge in [-0.2, -0.15) is 0 Å². The summed E-state index contributed by atoms with van der Waals surface area (Å²) in [7, 11) is 0. The number of nitrogens with zero attached hydrogens (tertiary/aromatic N) is 1. The summed E-state index contributed by atoms with van der Waals surface area (Å²) in [5.41, 5.74) is 0.0302. The first-order valence-electron chi connectivity index (χ1n) is 7.52. The predicted octanol–water partition coefficient (Wildman–Crippen LogP) is 3.48. The summed E-state index contributed by atoms with van der Waals surface area (Å²) in [6.45, 7) is 15.8. The molecular weight excluding hydrogens is 238 g/mol. The van der Waals surface area contributed by atoms with E-state index in [9.17, 15) is 4.79 Å². The quantitative estimate of drug-likeness (QED) is 0.735. The SMILES string of the molecule is CC(C)(C)CCN1CCC(C(=O)OC(C)(C)C)CC1. The van der Waals surface area contributed by atoms with Crippen LogP contribution >= 0.6 is 0 Å². The first kappa shape index (κ1) is 16.5. The van der Waals surface area contributed by atoms with Crippen molar-refractivity contribution < 1.29 is 9.53 Å². The average Bonchev–Trinajstić information content (AvgIpc) is 2.23. The molecule has 0 aromatic rings. The lowest BCUT2D eigenvalue weighted by Gasteiger charge is -2.33. The molecule has 0 aromatic heterocycles. The smallest absolute Gasteiger partial charge is 0.309 e. The van der Waals surface area contributed by atoms with Crippen LogP contribution in [0.3, 0.4) is 0 Å². The van der Waals surface area contributed by atoms with Crippen molar-refractivity contribution >= 4 is 5.97 Å². The molecule has 1 aliphatic rings. The lowest BCUT2D eigenvalue weighted by Crippen LogP contribution is -2.39. The maximum absolute atomic E-state index is 12.0. The highest BCUT2D eigenvalue weighted by atomic mass is 16.6. The van der Waals surface area contributed by atoms with Gasteiger partial charge in [0.25, 0.3) is 0 Å². The Morgan fingerprint density at radius 3 is 2.05 bits per heavy atom. The topological polar surface area (TPSA) is 29.5 Å². The van der Waals surface area contributed by atoms with Crippen molar-refractivity contribution in [3.05, 3.63) is 0 Å². The molecule has 0 N–H and O–H groups in total.